The van der Waals surface area contributed by atoms with E-state index in [0.717, 1.165) is 16.9 Å². The van der Waals surface area contributed by atoms with Gasteiger partial charge in [0.2, 0.25) is 5.91 Å². The van der Waals surface area contributed by atoms with Crippen molar-refractivity contribution in [1.82, 2.24) is 5.32 Å². The van der Waals surface area contributed by atoms with Gasteiger partial charge in [0.25, 0.3) is 0 Å². The van der Waals surface area contributed by atoms with Gasteiger partial charge in [0, 0.05) is 12.6 Å². The first kappa shape index (κ1) is 22.5. The second kappa shape index (κ2) is 10.6. The predicted octanol–water partition coefficient (Wildman–Crippen LogP) is 5.53. The van der Waals surface area contributed by atoms with Crippen LogP contribution in [0.4, 0.5) is 0 Å². The summed E-state index contributed by atoms with van der Waals surface area (Å²) in [5, 5.41) is 2.76. The largest absolute Gasteiger partial charge is 0.496 e. The molecular formula is C24H33NO2. The summed E-state index contributed by atoms with van der Waals surface area (Å²) in [5.74, 6) is 0.920. The molecule has 0 saturated carbocycles. The van der Waals surface area contributed by atoms with Gasteiger partial charge in [-0.15, -0.1) is 0 Å². The van der Waals surface area contributed by atoms with Crippen LogP contribution in [0.5, 0.6) is 5.75 Å². The summed E-state index contributed by atoms with van der Waals surface area (Å²) in [5.41, 5.74) is 8.17. The highest BCUT2D eigenvalue weighted by molar-refractivity contribution is 5.88. The molecule has 1 aromatic rings. The molecule has 0 bridgehead atoms. The Morgan fingerprint density at radius 3 is 2.07 bits per heavy atom. The minimum Gasteiger partial charge on any atom is -0.496 e. The Morgan fingerprint density at radius 2 is 1.56 bits per heavy atom. The molecule has 0 aliphatic heterocycles. The number of rotatable bonds is 7. The van der Waals surface area contributed by atoms with Gasteiger partial charge in [-0.3, -0.25) is 4.79 Å². The number of benzene rings is 1. The first-order valence-electron chi connectivity index (χ1n) is 9.36. The van der Waals surface area contributed by atoms with Crippen LogP contribution in [0.1, 0.15) is 48.6 Å². The maximum atomic E-state index is 11.5. The topological polar surface area (TPSA) is 38.3 Å². The molecule has 0 unspecified atom stereocenters. The van der Waals surface area contributed by atoms with Gasteiger partial charge in [-0.2, -0.15) is 0 Å². The molecule has 1 rings (SSSR count). The third kappa shape index (κ3) is 6.28. The van der Waals surface area contributed by atoms with E-state index < -0.39 is 0 Å². The van der Waals surface area contributed by atoms with Crippen LogP contribution in [0.25, 0.3) is 6.08 Å². The highest BCUT2D eigenvalue weighted by Crippen LogP contribution is 2.33. The van der Waals surface area contributed by atoms with Crippen LogP contribution in [0.3, 0.4) is 0 Å². The fourth-order valence-corrected chi connectivity index (χ4v) is 2.97. The number of allylic oxidation sites excluding steroid dienone is 6. The van der Waals surface area contributed by atoms with Crippen molar-refractivity contribution in [1.29, 1.82) is 0 Å². The second-order valence-electron chi connectivity index (χ2n) is 6.83. The third-order valence-electron chi connectivity index (χ3n) is 4.76. The molecule has 0 aliphatic rings. The van der Waals surface area contributed by atoms with Gasteiger partial charge >= 0.3 is 0 Å². The zero-order valence-electron chi connectivity index (χ0n) is 18.0. The molecule has 0 fully saturated rings. The summed E-state index contributed by atoms with van der Waals surface area (Å²) in [4.78, 5) is 11.5. The lowest BCUT2D eigenvalue weighted by atomic mass is 9.92. The Balaban J connectivity index is 2.99. The number of hydrogen-bond donors (Lipinski definition) is 1. The fraction of sp³-hybridized carbons (Fsp3) is 0.375. The molecule has 0 saturated heterocycles. The van der Waals surface area contributed by atoms with Crippen molar-refractivity contribution in [2.45, 2.75) is 48.5 Å². The molecule has 1 N–H and O–H groups in total. The number of hydrogen-bond acceptors (Lipinski definition) is 2. The summed E-state index contributed by atoms with van der Waals surface area (Å²) in [6, 6.07) is 0. The molecule has 0 radical (unpaired) electrons. The maximum Gasteiger partial charge on any atom is 0.244 e. The summed E-state index contributed by atoms with van der Waals surface area (Å²) in [7, 11) is 1.73. The van der Waals surface area contributed by atoms with E-state index in [9.17, 15) is 4.79 Å². The standard InChI is InChI=1S/C24H33NO2/c1-9-25-23(26)15-17(3)12-10-11-16(2)13-14-22-18(4)20(6)24(27-8)21(7)19(22)5/h10-15H,9H2,1-8H3,(H,25,26). The lowest BCUT2D eigenvalue weighted by molar-refractivity contribution is -0.116. The number of carbonyl (C=O) groups excluding carboxylic acids is 1. The predicted molar refractivity (Wildman–Crippen MR) is 116 cm³/mol. The molecule has 27 heavy (non-hydrogen) atoms. The Kier molecular flexibility index (Phi) is 8.80. The molecule has 3 nitrogen and oxygen atoms in total. The summed E-state index contributed by atoms with van der Waals surface area (Å²) < 4.78 is 5.56. The molecule has 3 heteroatoms. The van der Waals surface area contributed by atoms with Crippen molar-refractivity contribution >= 4 is 12.0 Å². The van der Waals surface area contributed by atoms with E-state index in [1.165, 1.54) is 27.8 Å². The average molecular weight is 368 g/mol. The highest BCUT2D eigenvalue weighted by atomic mass is 16.5. The summed E-state index contributed by atoms with van der Waals surface area (Å²) in [6.07, 6.45) is 11.8. The molecular weight excluding hydrogens is 334 g/mol. The molecule has 0 aliphatic carbocycles. The lowest BCUT2D eigenvalue weighted by Crippen LogP contribution is -2.20. The van der Waals surface area contributed by atoms with E-state index in [1.54, 1.807) is 13.2 Å². The van der Waals surface area contributed by atoms with Gasteiger partial charge in [-0.1, -0.05) is 36.0 Å². The second-order valence-corrected chi connectivity index (χ2v) is 6.83. The van der Waals surface area contributed by atoms with Crippen molar-refractivity contribution in [2.24, 2.45) is 0 Å². The molecule has 0 atom stereocenters. The minimum atomic E-state index is -0.0588. The van der Waals surface area contributed by atoms with Crippen LogP contribution < -0.4 is 10.1 Å². The van der Waals surface area contributed by atoms with Gasteiger partial charge in [-0.05, 0) is 81.9 Å². The van der Waals surface area contributed by atoms with E-state index in [1.807, 2.05) is 32.1 Å². The number of likely N-dealkylation sites (N-methyl/N-ethyl adjacent to an activating group) is 1. The molecule has 0 aromatic heterocycles. The normalized spacial score (nSPS) is 12.9. The monoisotopic (exact) mass is 367 g/mol. The molecule has 146 valence electrons. The molecule has 0 heterocycles. The number of nitrogens with one attached hydrogen (secondary N) is 1. The van der Waals surface area contributed by atoms with Crippen LogP contribution in [0, 0.1) is 27.7 Å². The molecule has 1 aromatic carbocycles. The molecule has 1 amide bonds. The summed E-state index contributed by atoms with van der Waals surface area (Å²) >= 11 is 0. The number of methoxy groups -OCH3 is 1. The van der Waals surface area contributed by atoms with Gasteiger partial charge in [0.15, 0.2) is 0 Å². The van der Waals surface area contributed by atoms with Gasteiger partial charge in [-0.25, -0.2) is 0 Å². The van der Waals surface area contributed by atoms with Gasteiger partial charge in [0.1, 0.15) is 5.75 Å². The van der Waals surface area contributed by atoms with Crippen LogP contribution >= 0.6 is 0 Å². The van der Waals surface area contributed by atoms with Crippen LogP contribution in [0.2, 0.25) is 0 Å². The first-order valence-corrected chi connectivity index (χ1v) is 9.36. The van der Waals surface area contributed by atoms with Crippen molar-refractivity contribution in [3.05, 3.63) is 69.3 Å². The fourth-order valence-electron chi connectivity index (χ4n) is 2.97. The van der Waals surface area contributed by atoms with Crippen LogP contribution in [0.15, 0.2) is 41.5 Å². The van der Waals surface area contributed by atoms with E-state index in [0.29, 0.717) is 6.54 Å². The first-order chi connectivity index (χ1) is 12.7. The van der Waals surface area contributed by atoms with E-state index in [-0.39, 0.29) is 5.91 Å². The Labute approximate surface area is 164 Å². The highest BCUT2D eigenvalue weighted by Gasteiger charge is 2.13. The van der Waals surface area contributed by atoms with Crippen molar-refractivity contribution in [3.8, 4) is 5.75 Å². The number of amides is 1. The number of ether oxygens (including phenoxy) is 1. The minimum absolute atomic E-state index is 0.0588. The number of carbonyl (C=O) groups is 1. The third-order valence-corrected chi connectivity index (χ3v) is 4.76. The Morgan fingerprint density at radius 1 is 0.963 bits per heavy atom. The van der Waals surface area contributed by atoms with Crippen LogP contribution in [-0.4, -0.2) is 19.6 Å². The lowest BCUT2D eigenvalue weighted by Gasteiger charge is -2.17. The van der Waals surface area contributed by atoms with Crippen molar-refractivity contribution in [3.63, 3.8) is 0 Å². The Hall–Kier alpha value is -2.55. The Bertz CT molecular complexity index is 779. The summed E-state index contributed by atoms with van der Waals surface area (Å²) in [6.45, 7) is 15.0. The molecule has 0 spiro atoms. The van der Waals surface area contributed by atoms with Gasteiger partial charge < -0.3 is 10.1 Å². The zero-order chi connectivity index (χ0) is 20.6. The zero-order valence-corrected chi connectivity index (χ0v) is 18.0. The maximum absolute atomic E-state index is 11.5. The van der Waals surface area contributed by atoms with Crippen LogP contribution in [-0.2, 0) is 4.79 Å². The van der Waals surface area contributed by atoms with E-state index >= 15 is 0 Å². The average Bonchev–Trinajstić information content (AvgIpc) is 2.60. The SMILES string of the molecule is CCNC(=O)C=C(C)C=CC=C(C)C=Cc1c(C)c(C)c(OC)c(C)c1C. The van der Waals surface area contributed by atoms with Gasteiger partial charge in [0.05, 0.1) is 7.11 Å². The smallest absolute Gasteiger partial charge is 0.244 e. The quantitative estimate of drug-likeness (QED) is 0.508. The van der Waals surface area contributed by atoms with Crippen molar-refractivity contribution < 1.29 is 9.53 Å². The van der Waals surface area contributed by atoms with E-state index in [2.05, 4.69) is 52.1 Å². The van der Waals surface area contributed by atoms with E-state index in [4.69, 9.17) is 4.74 Å². The van der Waals surface area contributed by atoms with Crippen molar-refractivity contribution in [2.75, 3.05) is 13.7 Å².